The molecule has 0 heterocycles. The molecule has 5 nitrogen and oxygen atoms in total. The van der Waals surface area contributed by atoms with Gasteiger partial charge in [0.2, 0.25) is 0 Å². The fourth-order valence-electron chi connectivity index (χ4n) is 0.915. The first-order valence-corrected chi connectivity index (χ1v) is 3.73. The van der Waals surface area contributed by atoms with E-state index >= 15 is 0 Å². The van der Waals surface area contributed by atoms with Crippen molar-refractivity contribution in [2.24, 2.45) is 0 Å². The molecule has 0 aliphatic rings. The highest BCUT2D eigenvalue weighted by molar-refractivity contribution is 5.87. The van der Waals surface area contributed by atoms with Gasteiger partial charge in [0.05, 0.1) is 0 Å². The Morgan fingerprint density at radius 3 is 2.43 bits per heavy atom. The van der Waals surface area contributed by atoms with Crippen LogP contribution in [-0.4, -0.2) is 21.3 Å². The van der Waals surface area contributed by atoms with Crippen molar-refractivity contribution >= 4 is 17.7 Å². The number of aliphatic carboxylic acids is 1. The number of hydrogen-bond donors (Lipinski definition) is 4. The smallest absolute Gasteiger partial charge is 0.328 e. The summed E-state index contributed by atoms with van der Waals surface area (Å²) in [4.78, 5) is 10.2. The zero-order valence-electron chi connectivity index (χ0n) is 7.14. The summed E-state index contributed by atoms with van der Waals surface area (Å²) in [5.74, 6) is -1.80. The standard InChI is InChI=1S/C9H9NO4/c10-6-4-8(12)7(11)3-5(6)1-2-9(13)14/h1-4,11-12H,10H2,(H,13,14)/b2-1+. The average molecular weight is 195 g/mol. The minimum absolute atomic E-state index is 0.192. The molecule has 0 radical (unpaired) electrons. The van der Waals surface area contributed by atoms with Crippen molar-refractivity contribution in [3.05, 3.63) is 23.8 Å². The van der Waals surface area contributed by atoms with Gasteiger partial charge in [-0.1, -0.05) is 0 Å². The topological polar surface area (TPSA) is 104 Å². The van der Waals surface area contributed by atoms with Crippen LogP contribution in [0, 0.1) is 0 Å². The van der Waals surface area contributed by atoms with Crippen molar-refractivity contribution in [3.63, 3.8) is 0 Å². The van der Waals surface area contributed by atoms with E-state index in [1.807, 2.05) is 0 Å². The molecular weight excluding hydrogens is 186 g/mol. The van der Waals surface area contributed by atoms with Crippen molar-refractivity contribution in [2.75, 3.05) is 5.73 Å². The number of hydrogen-bond acceptors (Lipinski definition) is 4. The van der Waals surface area contributed by atoms with Crippen molar-refractivity contribution in [3.8, 4) is 11.5 Å². The summed E-state index contributed by atoms with van der Waals surface area (Å²) >= 11 is 0. The molecule has 0 spiro atoms. The SMILES string of the molecule is Nc1cc(O)c(O)cc1/C=C/C(=O)O. The summed E-state index contributed by atoms with van der Waals surface area (Å²) < 4.78 is 0. The Labute approximate surface area is 79.7 Å². The lowest BCUT2D eigenvalue weighted by atomic mass is 10.1. The van der Waals surface area contributed by atoms with Crippen LogP contribution in [0.3, 0.4) is 0 Å². The highest BCUT2D eigenvalue weighted by atomic mass is 16.4. The summed E-state index contributed by atoms with van der Waals surface area (Å²) in [6.45, 7) is 0. The maximum atomic E-state index is 10.2. The third-order valence-corrected chi connectivity index (χ3v) is 1.59. The summed E-state index contributed by atoms with van der Waals surface area (Å²) in [5, 5.41) is 26.5. The van der Waals surface area contributed by atoms with Gasteiger partial charge in [-0.15, -0.1) is 0 Å². The number of benzene rings is 1. The number of carboxylic acid groups (broad SMARTS) is 1. The van der Waals surface area contributed by atoms with Crippen LogP contribution in [0.25, 0.3) is 6.08 Å². The zero-order chi connectivity index (χ0) is 10.7. The highest BCUT2D eigenvalue weighted by Gasteiger charge is 2.03. The molecule has 0 saturated heterocycles. The Kier molecular flexibility index (Phi) is 2.62. The van der Waals surface area contributed by atoms with Crippen LogP contribution in [-0.2, 0) is 4.79 Å². The van der Waals surface area contributed by atoms with E-state index in [9.17, 15) is 4.79 Å². The molecule has 0 fully saturated rings. The highest BCUT2D eigenvalue weighted by Crippen LogP contribution is 2.30. The summed E-state index contributed by atoms with van der Waals surface area (Å²) in [5.41, 5.74) is 5.99. The van der Waals surface area contributed by atoms with Crippen LogP contribution >= 0.6 is 0 Å². The number of rotatable bonds is 2. The lowest BCUT2D eigenvalue weighted by Crippen LogP contribution is -1.91. The predicted molar refractivity (Wildman–Crippen MR) is 50.9 cm³/mol. The number of aromatic hydroxyl groups is 2. The molecule has 0 aromatic heterocycles. The van der Waals surface area contributed by atoms with Crippen molar-refractivity contribution in [1.82, 2.24) is 0 Å². The maximum Gasteiger partial charge on any atom is 0.328 e. The summed E-state index contributed by atoms with van der Waals surface area (Å²) in [6.07, 6.45) is 2.12. The van der Waals surface area contributed by atoms with E-state index in [1.54, 1.807) is 0 Å². The Hall–Kier alpha value is -2.17. The Morgan fingerprint density at radius 1 is 1.29 bits per heavy atom. The summed E-state index contributed by atoms with van der Waals surface area (Å²) in [6, 6.07) is 2.33. The fourth-order valence-corrected chi connectivity index (χ4v) is 0.915. The molecule has 0 aliphatic heterocycles. The van der Waals surface area contributed by atoms with Crippen molar-refractivity contribution < 1.29 is 20.1 Å². The second kappa shape index (κ2) is 3.69. The Morgan fingerprint density at radius 2 is 1.86 bits per heavy atom. The molecule has 5 N–H and O–H groups in total. The van der Waals surface area contributed by atoms with Gasteiger partial charge in [0.1, 0.15) is 0 Å². The van der Waals surface area contributed by atoms with Crippen LogP contribution in [0.2, 0.25) is 0 Å². The zero-order valence-corrected chi connectivity index (χ0v) is 7.14. The molecule has 1 rings (SSSR count). The fraction of sp³-hybridized carbons (Fsp3) is 0. The predicted octanol–water partition coefficient (Wildman–Crippen LogP) is 0.778. The van der Waals surface area contributed by atoms with Gasteiger partial charge in [0, 0.05) is 23.4 Å². The monoisotopic (exact) mass is 195 g/mol. The van der Waals surface area contributed by atoms with Crippen molar-refractivity contribution in [1.29, 1.82) is 0 Å². The number of carboxylic acids is 1. The van der Waals surface area contributed by atoms with Gasteiger partial charge in [-0.3, -0.25) is 0 Å². The van der Waals surface area contributed by atoms with Gasteiger partial charge in [-0.05, 0) is 12.1 Å². The average Bonchev–Trinajstić information content (AvgIpc) is 2.09. The number of phenols is 2. The van der Waals surface area contributed by atoms with E-state index in [1.165, 1.54) is 12.1 Å². The van der Waals surface area contributed by atoms with E-state index < -0.39 is 5.97 Å². The number of phenolic OH excluding ortho intramolecular Hbond substituents is 2. The minimum Gasteiger partial charge on any atom is -0.504 e. The van der Waals surface area contributed by atoms with Crippen molar-refractivity contribution in [2.45, 2.75) is 0 Å². The lowest BCUT2D eigenvalue weighted by molar-refractivity contribution is -0.131. The normalized spacial score (nSPS) is 10.6. The number of anilines is 1. The Bertz CT molecular complexity index is 398. The molecule has 0 unspecified atom stereocenters. The number of nitrogen functional groups attached to an aromatic ring is 1. The number of carbonyl (C=O) groups is 1. The molecule has 0 bridgehead atoms. The van der Waals surface area contributed by atoms with E-state index in [2.05, 4.69) is 0 Å². The van der Waals surface area contributed by atoms with Gasteiger partial charge < -0.3 is 21.1 Å². The van der Waals surface area contributed by atoms with Crippen LogP contribution in [0.5, 0.6) is 11.5 Å². The molecule has 5 heteroatoms. The number of nitrogens with two attached hydrogens (primary N) is 1. The first-order valence-electron chi connectivity index (χ1n) is 3.73. The van der Waals surface area contributed by atoms with Crippen LogP contribution in [0.4, 0.5) is 5.69 Å². The molecule has 0 saturated carbocycles. The molecule has 0 atom stereocenters. The molecular formula is C9H9NO4. The van der Waals surface area contributed by atoms with Crippen LogP contribution in [0.1, 0.15) is 5.56 Å². The third kappa shape index (κ3) is 2.16. The third-order valence-electron chi connectivity index (χ3n) is 1.59. The molecule has 0 aliphatic carbocycles. The van der Waals surface area contributed by atoms with Gasteiger partial charge in [-0.2, -0.15) is 0 Å². The van der Waals surface area contributed by atoms with Crippen LogP contribution in [0.15, 0.2) is 18.2 Å². The quantitative estimate of drug-likeness (QED) is 0.241. The lowest BCUT2D eigenvalue weighted by Gasteiger charge is -2.02. The van der Waals surface area contributed by atoms with Crippen LogP contribution < -0.4 is 5.73 Å². The van der Waals surface area contributed by atoms with Gasteiger partial charge in [0.15, 0.2) is 11.5 Å². The largest absolute Gasteiger partial charge is 0.504 e. The molecule has 1 aromatic carbocycles. The Balaban J connectivity index is 3.10. The van der Waals surface area contributed by atoms with E-state index in [4.69, 9.17) is 21.1 Å². The first kappa shape index (κ1) is 9.91. The summed E-state index contributed by atoms with van der Waals surface area (Å²) in [7, 11) is 0. The molecule has 1 aromatic rings. The molecule has 0 amide bonds. The second-order valence-corrected chi connectivity index (χ2v) is 2.64. The van der Waals surface area contributed by atoms with E-state index in [0.717, 1.165) is 12.1 Å². The van der Waals surface area contributed by atoms with Gasteiger partial charge in [-0.25, -0.2) is 4.79 Å². The first-order chi connectivity index (χ1) is 6.50. The van der Waals surface area contributed by atoms with E-state index in [0.29, 0.717) is 5.56 Å². The molecule has 74 valence electrons. The maximum absolute atomic E-state index is 10.2. The van der Waals surface area contributed by atoms with Gasteiger partial charge >= 0.3 is 5.97 Å². The minimum atomic E-state index is -1.11. The second-order valence-electron chi connectivity index (χ2n) is 2.64. The van der Waals surface area contributed by atoms with Gasteiger partial charge in [0.25, 0.3) is 0 Å². The molecule has 14 heavy (non-hydrogen) atoms. The van der Waals surface area contributed by atoms with E-state index in [-0.39, 0.29) is 17.2 Å².